The second kappa shape index (κ2) is 5.82. The number of nitrogens with zero attached hydrogens (tertiary/aromatic N) is 2. The Morgan fingerprint density at radius 2 is 2.12 bits per heavy atom. The summed E-state index contributed by atoms with van der Waals surface area (Å²) in [5, 5.41) is 12.7. The van der Waals surface area contributed by atoms with Crippen LogP contribution in [0.5, 0.6) is 0 Å². The highest BCUT2D eigenvalue weighted by atomic mass is 16.3. The molecule has 1 heterocycles. The van der Waals surface area contributed by atoms with Gasteiger partial charge in [-0.15, -0.1) is 0 Å². The molecule has 0 saturated carbocycles. The van der Waals surface area contributed by atoms with Gasteiger partial charge < -0.3 is 16.2 Å². The third kappa shape index (κ3) is 3.30. The van der Waals surface area contributed by atoms with Crippen LogP contribution < -0.4 is 11.1 Å². The van der Waals surface area contributed by atoms with Gasteiger partial charge >= 0.3 is 0 Å². The van der Waals surface area contributed by atoms with E-state index in [1.165, 1.54) is 6.33 Å². The number of aromatic nitrogens is 2. The second-order valence-electron chi connectivity index (χ2n) is 4.53. The largest absolute Gasteiger partial charge is 0.394 e. The Hall–Kier alpha value is -1.36. The van der Waals surface area contributed by atoms with Gasteiger partial charge in [0.05, 0.1) is 12.1 Å². The summed E-state index contributed by atoms with van der Waals surface area (Å²) < 4.78 is 0. The minimum absolute atomic E-state index is 0.0545. The van der Waals surface area contributed by atoms with Crippen molar-refractivity contribution in [3.05, 3.63) is 11.9 Å². The van der Waals surface area contributed by atoms with Gasteiger partial charge in [-0.25, -0.2) is 9.97 Å². The number of rotatable bonds is 6. The van der Waals surface area contributed by atoms with E-state index in [2.05, 4.69) is 22.2 Å². The minimum Gasteiger partial charge on any atom is -0.394 e. The Labute approximate surface area is 102 Å². The molecule has 96 valence electrons. The van der Waals surface area contributed by atoms with E-state index >= 15 is 0 Å². The molecule has 0 aliphatic heterocycles. The normalized spacial score (nSPS) is 14.4. The number of anilines is 2. The van der Waals surface area contributed by atoms with Crippen LogP contribution in [0, 0.1) is 0 Å². The van der Waals surface area contributed by atoms with Crippen LogP contribution in [-0.2, 0) is 6.42 Å². The standard InChI is InChI=1S/C12H22N4O/c1-4-6-9-10(13)14-8-15-11(9)16-12(3,5-2)7-17/h8,17H,4-7H2,1-3H3,(H3,13,14,15,16). The Morgan fingerprint density at radius 1 is 1.41 bits per heavy atom. The quantitative estimate of drug-likeness (QED) is 0.701. The molecule has 5 heteroatoms. The maximum Gasteiger partial charge on any atom is 0.135 e. The van der Waals surface area contributed by atoms with Crippen molar-refractivity contribution in [1.29, 1.82) is 0 Å². The third-order valence-electron chi connectivity index (χ3n) is 3.03. The summed E-state index contributed by atoms with van der Waals surface area (Å²) in [5.41, 5.74) is 6.42. The molecule has 0 aliphatic carbocycles. The van der Waals surface area contributed by atoms with Gasteiger partial charge in [-0.2, -0.15) is 0 Å². The van der Waals surface area contributed by atoms with Crippen LogP contribution in [0.1, 0.15) is 39.2 Å². The number of nitrogens with one attached hydrogen (secondary N) is 1. The average Bonchev–Trinajstić information content (AvgIpc) is 2.33. The molecule has 0 spiro atoms. The first-order valence-electron chi connectivity index (χ1n) is 6.04. The number of hydrogen-bond donors (Lipinski definition) is 3. The lowest BCUT2D eigenvalue weighted by molar-refractivity contribution is 0.218. The lowest BCUT2D eigenvalue weighted by atomic mass is 9.99. The maximum atomic E-state index is 9.40. The molecule has 0 aromatic carbocycles. The summed E-state index contributed by atoms with van der Waals surface area (Å²) in [4.78, 5) is 8.23. The first-order chi connectivity index (χ1) is 8.06. The van der Waals surface area contributed by atoms with Gasteiger partial charge in [-0.3, -0.25) is 0 Å². The molecule has 1 aromatic heterocycles. The Balaban J connectivity index is 3.01. The van der Waals surface area contributed by atoms with E-state index in [1.807, 2.05) is 13.8 Å². The van der Waals surface area contributed by atoms with Crippen molar-refractivity contribution >= 4 is 11.6 Å². The van der Waals surface area contributed by atoms with Crippen LogP contribution in [0.25, 0.3) is 0 Å². The Bertz CT molecular complexity index is 364. The maximum absolute atomic E-state index is 9.40. The van der Waals surface area contributed by atoms with Gasteiger partial charge in [0.1, 0.15) is 18.0 Å². The molecule has 0 radical (unpaired) electrons. The number of nitrogens with two attached hydrogens (primary N) is 1. The monoisotopic (exact) mass is 238 g/mol. The van der Waals surface area contributed by atoms with E-state index in [-0.39, 0.29) is 12.1 Å². The first kappa shape index (κ1) is 13.7. The van der Waals surface area contributed by atoms with Gasteiger partial charge in [0.15, 0.2) is 0 Å². The van der Waals surface area contributed by atoms with Crippen LogP contribution in [0.4, 0.5) is 11.6 Å². The van der Waals surface area contributed by atoms with E-state index in [0.29, 0.717) is 5.82 Å². The first-order valence-corrected chi connectivity index (χ1v) is 6.04. The molecule has 0 bridgehead atoms. The van der Waals surface area contributed by atoms with E-state index in [0.717, 1.165) is 30.6 Å². The predicted octanol–water partition coefficient (Wildman–Crippen LogP) is 1.58. The van der Waals surface area contributed by atoms with E-state index in [4.69, 9.17) is 5.73 Å². The van der Waals surface area contributed by atoms with Crippen LogP contribution in [0.2, 0.25) is 0 Å². The lowest BCUT2D eigenvalue weighted by Crippen LogP contribution is -2.38. The average molecular weight is 238 g/mol. The minimum atomic E-state index is -0.372. The van der Waals surface area contributed by atoms with E-state index < -0.39 is 0 Å². The summed E-state index contributed by atoms with van der Waals surface area (Å²) >= 11 is 0. The van der Waals surface area contributed by atoms with Crippen molar-refractivity contribution in [2.75, 3.05) is 17.7 Å². The van der Waals surface area contributed by atoms with Crippen LogP contribution in [0.15, 0.2) is 6.33 Å². The number of nitrogen functional groups attached to an aromatic ring is 1. The molecule has 5 nitrogen and oxygen atoms in total. The highest BCUT2D eigenvalue weighted by Gasteiger charge is 2.22. The van der Waals surface area contributed by atoms with Crippen LogP contribution >= 0.6 is 0 Å². The second-order valence-corrected chi connectivity index (χ2v) is 4.53. The van der Waals surface area contributed by atoms with E-state index in [1.54, 1.807) is 0 Å². The van der Waals surface area contributed by atoms with E-state index in [9.17, 15) is 5.11 Å². The summed E-state index contributed by atoms with van der Waals surface area (Å²) in [7, 11) is 0. The number of hydrogen-bond acceptors (Lipinski definition) is 5. The Kier molecular flexibility index (Phi) is 4.69. The highest BCUT2D eigenvalue weighted by Crippen LogP contribution is 2.23. The summed E-state index contributed by atoms with van der Waals surface area (Å²) in [5.74, 6) is 1.25. The van der Waals surface area contributed by atoms with Crippen molar-refractivity contribution in [2.45, 2.75) is 45.6 Å². The van der Waals surface area contributed by atoms with Crippen LogP contribution in [-0.4, -0.2) is 27.2 Å². The molecule has 1 aromatic rings. The molecular formula is C12H22N4O. The summed E-state index contributed by atoms with van der Waals surface area (Å²) in [6.07, 6.45) is 4.07. The summed E-state index contributed by atoms with van der Waals surface area (Å²) in [6, 6.07) is 0. The third-order valence-corrected chi connectivity index (χ3v) is 3.03. The molecule has 0 amide bonds. The SMILES string of the molecule is CCCc1c(N)ncnc1NC(C)(CC)CO. The van der Waals surface area contributed by atoms with Crippen molar-refractivity contribution in [2.24, 2.45) is 0 Å². The van der Waals surface area contributed by atoms with Crippen LogP contribution in [0.3, 0.4) is 0 Å². The van der Waals surface area contributed by atoms with Gasteiger partial charge in [0, 0.05) is 5.56 Å². The molecule has 0 saturated heterocycles. The smallest absolute Gasteiger partial charge is 0.135 e. The molecule has 17 heavy (non-hydrogen) atoms. The van der Waals surface area contributed by atoms with Gasteiger partial charge in [0.25, 0.3) is 0 Å². The molecule has 0 fully saturated rings. The van der Waals surface area contributed by atoms with Crippen molar-refractivity contribution in [1.82, 2.24) is 9.97 Å². The molecule has 0 aliphatic rings. The van der Waals surface area contributed by atoms with Gasteiger partial charge in [-0.1, -0.05) is 20.3 Å². The fourth-order valence-corrected chi connectivity index (χ4v) is 1.56. The zero-order chi connectivity index (χ0) is 12.9. The van der Waals surface area contributed by atoms with Gasteiger partial charge in [0.2, 0.25) is 0 Å². The van der Waals surface area contributed by atoms with Crippen molar-refractivity contribution < 1.29 is 5.11 Å². The van der Waals surface area contributed by atoms with Crippen molar-refractivity contribution in [3.8, 4) is 0 Å². The zero-order valence-electron chi connectivity index (χ0n) is 10.8. The number of aliphatic hydroxyl groups is 1. The lowest BCUT2D eigenvalue weighted by Gasteiger charge is -2.29. The number of aliphatic hydroxyl groups excluding tert-OH is 1. The zero-order valence-corrected chi connectivity index (χ0v) is 10.8. The Morgan fingerprint density at radius 3 is 2.65 bits per heavy atom. The molecule has 1 rings (SSSR count). The molecule has 4 N–H and O–H groups in total. The molecular weight excluding hydrogens is 216 g/mol. The fraction of sp³-hybridized carbons (Fsp3) is 0.667. The molecule has 1 unspecified atom stereocenters. The fourth-order valence-electron chi connectivity index (χ4n) is 1.56. The predicted molar refractivity (Wildman–Crippen MR) is 69.8 cm³/mol. The van der Waals surface area contributed by atoms with Crippen molar-refractivity contribution in [3.63, 3.8) is 0 Å². The van der Waals surface area contributed by atoms with Gasteiger partial charge in [-0.05, 0) is 19.8 Å². The highest BCUT2D eigenvalue weighted by molar-refractivity contribution is 5.56. The topological polar surface area (TPSA) is 84.1 Å². The molecule has 1 atom stereocenters. The summed E-state index contributed by atoms with van der Waals surface area (Å²) in [6.45, 7) is 6.12.